The average molecular weight is 462 g/mol. The van der Waals surface area contributed by atoms with Gasteiger partial charge in [-0.1, -0.05) is 12.1 Å². The maximum atomic E-state index is 12.0. The molecule has 1 fully saturated rings. The summed E-state index contributed by atoms with van der Waals surface area (Å²) in [5, 5.41) is 5.45. The minimum Gasteiger partial charge on any atom is -0.378 e. The highest BCUT2D eigenvalue weighted by atomic mass is 16.5. The van der Waals surface area contributed by atoms with Crippen LogP contribution in [-0.2, 0) is 4.74 Å². The van der Waals surface area contributed by atoms with E-state index in [0.717, 1.165) is 35.5 Å². The SMILES string of the molecule is CCNC(=O)Nc1cc(-c2ccc(N3CCOCC3)cc2)c(-c2cncc(C(=O)NN)c2)cn1. The standard InChI is InChI=1S/C24H27N7O3/c1-2-27-24(33)29-22-12-20(16-3-5-19(6-4-16)31-7-9-34-10-8-31)21(15-28-22)17-11-18(14-26-13-17)23(32)30-25/h3-6,11-15H,2,7-10,25H2,1H3,(H,30,32)(H2,27,28,29,33). The molecule has 0 atom stereocenters. The molecule has 10 nitrogen and oxygen atoms in total. The zero-order valence-electron chi connectivity index (χ0n) is 18.9. The van der Waals surface area contributed by atoms with Gasteiger partial charge in [0.2, 0.25) is 0 Å². The van der Waals surface area contributed by atoms with Crippen molar-refractivity contribution in [1.29, 1.82) is 0 Å². The normalized spacial score (nSPS) is 13.3. The summed E-state index contributed by atoms with van der Waals surface area (Å²) < 4.78 is 5.45. The summed E-state index contributed by atoms with van der Waals surface area (Å²) in [5.41, 5.74) is 6.80. The fraction of sp³-hybridized carbons (Fsp3) is 0.250. The van der Waals surface area contributed by atoms with Crippen LogP contribution in [0.1, 0.15) is 17.3 Å². The van der Waals surface area contributed by atoms with E-state index in [4.69, 9.17) is 10.6 Å². The molecule has 3 heterocycles. The number of aromatic nitrogens is 2. The van der Waals surface area contributed by atoms with E-state index in [-0.39, 0.29) is 6.03 Å². The van der Waals surface area contributed by atoms with Gasteiger partial charge in [-0.3, -0.25) is 20.5 Å². The Morgan fingerprint density at radius 1 is 1.03 bits per heavy atom. The van der Waals surface area contributed by atoms with Crippen molar-refractivity contribution >= 4 is 23.4 Å². The lowest BCUT2D eigenvalue weighted by Crippen LogP contribution is -2.36. The molecule has 0 bridgehead atoms. The summed E-state index contributed by atoms with van der Waals surface area (Å²) in [6, 6.07) is 11.4. The van der Waals surface area contributed by atoms with Gasteiger partial charge in [0.05, 0.1) is 18.8 Å². The summed E-state index contributed by atoms with van der Waals surface area (Å²) in [6.07, 6.45) is 4.77. The molecule has 3 amide bonds. The highest BCUT2D eigenvalue weighted by molar-refractivity contribution is 5.96. The smallest absolute Gasteiger partial charge is 0.320 e. The molecular formula is C24H27N7O3. The Morgan fingerprint density at radius 2 is 1.79 bits per heavy atom. The lowest BCUT2D eigenvalue weighted by molar-refractivity contribution is 0.0953. The quantitative estimate of drug-likeness (QED) is 0.251. The molecule has 2 aromatic heterocycles. The fourth-order valence-electron chi connectivity index (χ4n) is 3.78. The van der Waals surface area contributed by atoms with Crippen LogP contribution in [0.15, 0.2) is 55.0 Å². The molecule has 1 saturated heterocycles. The number of morpholine rings is 1. The number of benzene rings is 1. The molecule has 3 aromatic rings. The summed E-state index contributed by atoms with van der Waals surface area (Å²) >= 11 is 0. The van der Waals surface area contributed by atoms with Gasteiger partial charge in [-0.05, 0) is 42.3 Å². The minimum atomic E-state index is -0.437. The Hall–Kier alpha value is -4.02. The predicted octanol–water partition coefficient (Wildman–Crippen LogP) is 2.39. The van der Waals surface area contributed by atoms with E-state index in [1.807, 2.05) is 25.1 Å². The van der Waals surface area contributed by atoms with Crippen molar-refractivity contribution in [3.05, 3.63) is 60.6 Å². The Morgan fingerprint density at radius 3 is 2.50 bits per heavy atom. The average Bonchev–Trinajstić information content (AvgIpc) is 2.89. The van der Waals surface area contributed by atoms with Crippen LogP contribution in [0, 0.1) is 0 Å². The number of nitrogens with one attached hydrogen (secondary N) is 3. The first-order valence-corrected chi connectivity index (χ1v) is 11.0. The maximum absolute atomic E-state index is 12.0. The second-order valence-electron chi connectivity index (χ2n) is 7.68. The van der Waals surface area contributed by atoms with Crippen LogP contribution in [-0.4, -0.2) is 54.8 Å². The van der Waals surface area contributed by atoms with E-state index >= 15 is 0 Å². The van der Waals surface area contributed by atoms with Crippen LogP contribution < -0.4 is 26.8 Å². The zero-order valence-corrected chi connectivity index (χ0v) is 18.9. The number of nitrogens with two attached hydrogens (primary N) is 1. The number of pyridine rings is 2. The number of hydrazine groups is 1. The first kappa shape index (κ1) is 23.1. The first-order chi connectivity index (χ1) is 16.6. The number of ether oxygens (including phenoxy) is 1. The molecule has 1 aliphatic rings. The Balaban J connectivity index is 1.73. The molecule has 0 aliphatic carbocycles. The molecule has 0 spiro atoms. The van der Waals surface area contributed by atoms with Gasteiger partial charge >= 0.3 is 6.03 Å². The van der Waals surface area contributed by atoms with Crippen molar-refractivity contribution in [2.45, 2.75) is 6.92 Å². The van der Waals surface area contributed by atoms with Crippen molar-refractivity contribution in [3.8, 4) is 22.3 Å². The highest BCUT2D eigenvalue weighted by Gasteiger charge is 2.15. The third kappa shape index (κ3) is 5.30. The van der Waals surface area contributed by atoms with Crippen molar-refractivity contribution in [1.82, 2.24) is 20.7 Å². The summed E-state index contributed by atoms with van der Waals surface area (Å²) in [4.78, 5) is 34.9. The number of carbonyl (C=O) groups excluding carboxylic acids is 2. The molecule has 0 radical (unpaired) electrons. The second-order valence-corrected chi connectivity index (χ2v) is 7.68. The molecular weight excluding hydrogens is 434 g/mol. The van der Waals surface area contributed by atoms with Gasteiger partial charge in [0.1, 0.15) is 5.82 Å². The molecule has 5 N–H and O–H groups in total. The zero-order chi connectivity index (χ0) is 23.9. The third-order valence-electron chi connectivity index (χ3n) is 5.48. The van der Waals surface area contributed by atoms with Crippen LogP contribution in [0.2, 0.25) is 0 Å². The van der Waals surface area contributed by atoms with Gasteiger partial charge < -0.3 is 15.0 Å². The summed E-state index contributed by atoms with van der Waals surface area (Å²) in [5.74, 6) is 5.25. The number of anilines is 2. The number of amides is 3. The number of carbonyl (C=O) groups is 2. The van der Waals surface area contributed by atoms with Crippen molar-refractivity contribution in [3.63, 3.8) is 0 Å². The van der Waals surface area contributed by atoms with E-state index in [2.05, 4.69) is 43.1 Å². The van der Waals surface area contributed by atoms with Crippen LogP contribution in [0.4, 0.5) is 16.3 Å². The number of rotatable bonds is 6. The first-order valence-electron chi connectivity index (χ1n) is 11.0. The van der Waals surface area contributed by atoms with E-state index in [0.29, 0.717) is 36.7 Å². The summed E-state index contributed by atoms with van der Waals surface area (Å²) in [7, 11) is 0. The molecule has 0 unspecified atom stereocenters. The van der Waals surface area contributed by atoms with E-state index in [1.54, 1.807) is 18.5 Å². The van der Waals surface area contributed by atoms with E-state index in [1.165, 1.54) is 6.20 Å². The Labute approximate surface area is 197 Å². The molecule has 1 aromatic carbocycles. The Kier molecular flexibility index (Phi) is 7.31. The number of nitrogen functional groups attached to an aromatic ring is 1. The lowest BCUT2D eigenvalue weighted by atomic mass is 9.96. The van der Waals surface area contributed by atoms with E-state index in [9.17, 15) is 9.59 Å². The lowest BCUT2D eigenvalue weighted by Gasteiger charge is -2.29. The number of nitrogens with zero attached hydrogens (tertiary/aromatic N) is 3. The van der Waals surface area contributed by atoms with Crippen LogP contribution in [0.3, 0.4) is 0 Å². The molecule has 10 heteroatoms. The van der Waals surface area contributed by atoms with Crippen molar-refractivity contribution in [2.24, 2.45) is 5.84 Å². The monoisotopic (exact) mass is 461 g/mol. The largest absolute Gasteiger partial charge is 0.378 e. The van der Waals surface area contributed by atoms with Gasteiger partial charge in [0, 0.05) is 55.0 Å². The third-order valence-corrected chi connectivity index (χ3v) is 5.48. The topological polar surface area (TPSA) is 134 Å². The van der Waals surface area contributed by atoms with Crippen molar-refractivity contribution in [2.75, 3.05) is 43.1 Å². The van der Waals surface area contributed by atoms with Crippen molar-refractivity contribution < 1.29 is 14.3 Å². The van der Waals surface area contributed by atoms with Gasteiger partial charge in [0.25, 0.3) is 5.91 Å². The second kappa shape index (κ2) is 10.7. The van der Waals surface area contributed by atoms with Gasteiger partial charge in [-0.15, -0.1) is 0 Å². The van der Waals surface area contributed by atoms with Gasteiger partial charge in [-0.25, -0.2) is 15.6 Å². The van der Waals surface area contributed by atoms with Gasteiger partial charge in [-0.2, -0.15) is 0 Å². The van der Waals surface area contributed by atoms with E-state index < -0.39 is 5.91 Å². The highest BCUT2D eigenvalue weighted by Crippen LogP contribution is 2.34. The summed E-state index contributed by atoms with van der Waals surface area (Å²) in [6.45, 7) is 5.47. The van der Waals surface area contributed by atoms with Crippen LogP contribution >= 0.6 is 0 Å². The number of hydrogen-bond acceptors (Lipinski definition) is 7. The van der Waals surface area contributed by atoms with Crippen LogP contribution in [0.5, 0.6) is 0 Å². The molecule has 1 aliphatic heterocycles. The number of urea groups is 1. The molecule has 176 valence electrons. The van der Waals surface area contributed by atoms with Crippen LogP contribution in [0.25, 0.3) is 22.3 Å². The maximum Gasteiger partial charge on any atom is 0.320 e. The predicted molar refractivity (Wildman–Crippen MR) is 130 cm³/mol. The molecule has 4 rings (SSSR count). The fourth-order valence-corrected chi connectivity index (χ4v) is 3.78. The van der Waals surface area contributed by atoms with Gasteiger partial charge in [0.15, 0.2) is 0 Å². The Bertz CT molecular complexity index is 1160. The number of hydrogen-bond donors (Lipinski definition) is 4. The molecule has 34 heavy (non-hydrogen) atoms. The molecule has 0 saturated carbocycles. The minimum absolute atomic E-state index is 0.332.